The molecule has 0 unspecified atom stereocenters. The van der Waals surface area contributed by atoms with Crippen molar-refractivity contribution in [3.8, 4) is 0 Å². The van der Waals surface area contributed by atoms with Gasteiger partial charge in [-0.1, -0.05) is 45.8 Å². The van der Waals surface area contributed by atoms with Crippen molar-refractivity contribution in [1.29, 1.82) is 0 Å². The summed E-state index contributed by atoms with van der Waals surface area (Å²) in [6, 6.07) is 14.8. The van der Waals surface area contributed by atoms with Crippen molar-refractivity contribution in [2.75, 3.05) is 19.8 Å². The van der Waals surface area contributed by atoms with E-state index in [0.29, 0.717) is 18.1 Å². The van der Waals surface area contributed by atoms with Gasteiger partial charge in [0.2, 0.25) is 0 Å². The number of rotatable bonds is 7. The van der Waals surface area contributed by atoms with E-state index in [0.717, 1.165) is 15.6 Å². The maximum absolute atomic E-state index is 13.4. The highest BCUT2D eigenvalue weighted by Crippen LogP contribution is 2.63. The third-order valence-electron chi connectivity index (χ3n) is 5.25. The molecule has 0 spiro atoms. The van der Waals surface area contributed by atoms with Gasteiger partial charge in [-0.15, -0.1) is 0 Å². The van der Waals surface area contributed by atoms with E-state index in [1.807, 2.05) is 50.2 Å². The standard InChI is InChI=1S/C20H24BrNO3S/c1-3-25-13-20(12-22)18(15-6-8-16(21)9-7-15)19(20)26(23,24)17-10-4-14(2)5-11-17/h4-11,18-19H,3,12-13,22H2,1-2H3/t18-,19-,20-/m1/s1. The zero-order valence-electron chi connectivity index (χ0n) is 15.0. The van der Waals surface area contributed by atoms with Gasteiger partial charge in [0.25, 0.3) is 0 Å². The lowest BCUT2D eigenvalue weighted by molar-refractivity contribution is 0.101. The van der Waals surface area contributed by atoms with Crippen LogP contribution < -0.4 is 5.73 Å². The van der Waals surface area contributed by atoms with Crippen LogP contribution in [0.25, 0.3) is 0 Å². The molecule has 1 fully saturated rings. The molecule has 3 rings (SSSR count). The highest BCUT2D eigenvalue weighted by atomic mass is 79.9. The molecular formula is C20H24BrNO3S. The molecule has 0 amide bonds. The average molecular weight is 438 g/mol. The molecule has 1 saturated carbocycles. The topological polar surface area (TPSA) is 69.4 Å². The molecule has 1 aliphatic carbocycles. The Morgan fingerprint density at radius 3 is 2.27 bits per heavy atom. The fraction of sp³-hybridized carbons (Fsp3) is 0.400. The Labute approximate surface area is 163 Å². The Hall–Kier alpha value is -1.21. The molecule has 0 bridgehead atoms. The summed E-state index contributed by atoms with van der Waals surface area (Å²) in [5, 5.41) is -0.574. The van der Waals surface area contributed by atoms with Crippen LogP contribution in [-0.4, -0.2) is 33.4 Å². The molecule has 4 nitrogen and oxygen atoms in total. The highest BCUT2D eigenvalue weighted by Gasteiger charge is 2.70. The van der Waals surface area contributed by atoms with E-state index in [2.05, 4.69) is 15.9 Å². The van der Waals surface area contributed by atoms with E-state index in [-0.39, 0.29) is 12.5 Å². The highest BCUT2D eigenvalue weighted by molar-refractivity contribution is 9.10. The van der Waals surface area contributed by atoms with E-state index >= 15 is 0 Å². The van der Waals surface area contributed by atoms with Crippen LogP contribution >= 0.6 is 15.9 Å². The molecule has 0 heterocycles. The van der Waals surface area contributed by atoms with Crippen LogP contribution in [0, 0.1) is 12.3 Å². The number of sulfone groups is 1. The molecule has 2 aromatic carbocycles. The summed E-state index contributed by atoms with van der Waals surface area (Å²) in [6.07, 6.45) is 0. The first-order chi connectivity index (χ1) is 12.4. The van der Waals surface area contributed by atoms with Crippen molar-refractivity contribution >= 4 is 25.8 Å². The molecule has 3 atom stereocenters. The maximum atomic E-state index is 13.4. The third-order valence-corrected chi connectivity index (χ3v) is 8.12. The summed E-state index contributed by atoms with van der Waals surface area (Å²) < 4.78 is 33.4. The fourth-order valence-electron chi connectivity index (χ4n) is 3.76. The summed E-state index contributed by atoms with van der Waals surface area (Å²) in [7, 11) is -3.51. The van der Waals surface area contributed by atoms with Gasteiger partial charge in [0.1, 0.15) is 0 Å². The van der Waals surface area contributed by atoms with Crippen LogP contribution in [0.4, 0.5) is 0 Å². The SMILES string of the molecule is CCOC[C@]1(CN)[C@H](c2ccc(Br)cc2)[C@H]1S(=O)(=O)c1ccc(C)cc1. The van der Waals surface area contributed by atoms with Crippen LogP contribution in [0.5, 0.6) is 0 Å². The van der Waals surface area contributed by atoms with E-state index in [4.69, 9.17) is 10.5 Å². The first-order valence-electron chi connectivity index (χ1n) is 8.70. The molecule has 2 aromatic rings. The minimum atomic E-state index is -3.51. The molecule has 26 heavy (non-hydrogen) atoms. The largest absolute Gasteiger partial charge is 0.381 e. The molecule has 1 aliphatic rings. The summed E-state index contributed by atoms with van der Waals surface area (Å²) in [4.78, 5) is 0.349. The lowest BCUT2D eigenvalue weighted by Crippen LogP contribution is -2.29. The second kappa shape index (κ2) is 7.43. The van der Waals surface area contributed by atoms with Crippen molar-refractivity contribution in [2.24, 2.45) is 11.1 Å². The van der Waals surface area contributed by atoms with E-state index in [1.54, 1.807) is 12.1 Å². The summed E-state index contributed by atoms with van der Waals surface area (Å²) in [5.41, 5.74) is 7.53. The quantitative estimate of drug-likeness (QED) is 0.716. The van der Waals surface area contributed by atoms with Gasteiger partial charge in [-0.05, 0) is 43.7 Å². The summed E-state index contributed by atoms with van der Waals surface area (Å²) >= 11 is 3.43. The third kappa shape index (κ3) is 3.36. The predicted octanol–water partition coefficient (Wildman–Crippen LogP) is 3.68. The van der Waals surface area contributed by atoms with Crippen LogP contribution in [0.3, 0.4) is 0 Å². The van der Waals surface area contributed by atoms with Gasteiger partial charge in [0.05, 0.1) is 16.8 Å². The number of halogens is 1. The predicted molar refractivity (Wildman–Crippen MR) is 107 cm³/mol. The van der Waals surface area contributed by atoms with Crippen molar-refractivity contribution in [1.82, 2.24) is 0 Å². The van der Waals surface area contributed by atoms with E-state index in [1.165, 1.54) is 0 Å². The minimum Gasteiger partial charge on any atom is -0.381 e. The average Bonchev–Trinajstić information content (AvgIpc) is 3.31. The van der Waals surface area contributed by atoms with Crippen molar-refractivity contribution < 1.29 is 13.2 Å². The smallest absolute Gasteiger partial charge is 0.182 e. The Balaban J connectivity index is 2.03. The second-order valence-electron chi connectivity index (χ2n) is 6.88. The lowest BCUT2D eigenvalue weighted by atomic mass is 10.00. The number of ether oxygens (including phenoxy) is 1. The summed E-state index contributed by atoms with van der Waals surface area (Å²) in [5.74, 6) is -0.168. The number of benzene rings is 2. The van der Waals surface area contributed by atoms with Crippen LogP contribution in [0.1, 0.15) is 24.0 Å². The van der Waals surface area contributed by atoms with Gasteiger partial charge in [-0.25, -0.2) is 8.42 Å². The fourth-order valence-corrected chi connectivity index (χ4v) is 6.47. The number of hydrogen-bond donors (Lipinski definition) is 1. The van der Waals surface area contributed by atoms with Crippen molar-refractivity contribution in [2.45, 2.75) is 29.9 Å². The number of aryl methyl sites for hydroxylation is 1. The maximum Gasteiger partial charge on any atom is 0.182 e. The lowest BCUT2D eigenvalue weighted by Gasteiger charge is -2.16. The summed E-state index contributed by atoms with van der Waals surface area (Å²) in [6.45, 7) is 4.99. The molecule has 0 saturated heterocycles. The zero-order valence-corrected chi connectivity index (χ0v) is 17.4. The number of nitrogens with two attached hydrogens (primary N) is 1. The zero-order chi connectivity index (χ0) is 18.9. The second-order valence-corrected chi connectivity index (χ2v) is 9.87. The monoisotopic (exact) mass is 437 g/mol. The van der Waals surface area contributed by atoms with E-state index in [9.17, 15) is 8.42 Å². The molecule has 0 aromatic heterocycles. The van der Waals surface area contributed by atoms with Crippen molar-refractivity contribution in [3.05, 3.63) is 64.1 Å². The minimum absolute atomic E-state index is 0.168. The van der Waals surface area contributed by atoms with Gasteiger partial charge in [0.15, 0.2) is 9.84 Å². The first-order valence-corrected chi connectivity index (χ1v) is 11.0. The van der Waals surface area contributed by atoms with Crippen molar-refractivity contribution in [3.63, 3.8) is 0 Å². The molecule has 2 N–H and O–H groups in total. The van der Waals surface area contributed by atoms with Crippen LogP contribution in [-0.2, 0) is 14.6 Å². The Morgan fingerprint density at radius 1 is 1.12 bits per heavy atom. The van der Waals surface area contributed by atoms with Gasteiger partial charge in [-0.3, -0.25) is 0 Å². The number of hydrogen-bond acceptors (Lipinski definition) is 4. The van der Waals surface area contributed by atoms with Gasteiger partial charge >= 0.3 is 0 Å². The Bertz CT molecular complexity index is 865. The Kier molecular flexibility index (Phi) is 5.58. The molecule has 0 radical (unpaired) electrons. The molecular weight excluding hydrogens is 414 g/mol. The Morgan fingerprint density at radius 2 is 1.73 bits per heavy atom. The first kappa shape index (κ1) is 19.5. The van der Waals surface area contributed by atoms with Gasteiger partial charge in [0, 0.05) is 29.0 Å². The molecule has 6 heteroatoms. The van der Waals surface area contributed by atoms with Crippen LogP contribution in [0.2, 0.25) is 0 Å². The van der Waals surface area contributed by atoms with Gasteiger partial charge < -0.3 is 10.5 Å². The normalized spacial score (nSPS) is 25.2. The van der Waals surface area contributed by atoms with Gasteiger partial charge in [-0.2, -0.15) is 0 Å². The van der Waals surface area contributed by atoms with Crippen LogP contribution in [0.15, 0.2) is 57.9 Å². The molecule has 0 aliphatic heterocycles. The molecule has 140 valence electrons. The van der Waals surface area contributed by atoms with E-state index < -0.39 is 20.5 Å².